The highest BCUT2D eigenvalue weighted by Gasteiger charge is 2.24. The molecule has 4 nitrogen and oxygen atoms in total. The lowest BCUT2D eigenvalue weighted by Gasteiger charge is -2.21. The van der Waals surface area contributed by atoms with Gasteiger partial charge in [0.2, 0.25) is 5.91 Å². The fraction of sp³-hybridized carbons (Fsp3) is 0.562. The van der Waals surface area contributed by atoms with Gasteiger partial charge in [-0.1, -0.05) is 24.6 Å². The fourth-order valence-corrected chi connectivity index (χ4v) is 2.83. The van der Waals surface area contributed by atoms with Crippen LogP contribution in [0.2, 0.25) is 5.02 Å². The number of carbonyl (C=O) groups is 1. The molecule has 1 amide bonds. The van der Waals surface area contributed by atoms with Gasteiger partial charge in [-0.25, -0.2) is 0 Å². The van der Waals surface area contributed by atoms with Crippen molar-refractivity contribution in [2.75, 3.05) is 31.1 Å². The van der Waals surface area contributed by atoms with Gasteiger partial charge in [0.05, 0.1) is 0 Å². The Kier molecular flexibility index (Phi) is 5.48. The van der Waals surface area contributed by atoms with Crippen LogP contribution in [0.4, 0.5) is 5.69 Å². The van der Waals surface area contributed by atoms with E-state index in [0.717, 1.165) is 31.1 Å². The van der Waals surface area contributed by atoms with Gasteiger partial charge in [-0.15, -0.1) is 0 Å². The Morgan fingerprint density at radius 1 is 1.57 bits per heavy atom. The molecule has 2 unspecified atom stereocenters. The Morgan fingerprint density at radius 3 is 3.05 bits per heavy atom. The van der Waals surface area contributed by atoms with Crippen molar-refractivity contribution in [3.63, 3.8) is 0 Å². The van der Waals surface area contributed by atoms with E-state index in [1.165, 1.54) is 11.3 Å². The molecule has 1 aliphatic heterocycles. The van der Waals surface area contributed by atoms with E-state index in [2.05, 4.69) is 23.2 Å². The molecule has 1 saturated heterocycles. The predicted molar refractivity (Wildman–Crippen MR) is 87.7 cm³/mol. The molecule has 1 aromatic carbocycles. The Hall–Kier alpha value is -1.26. The Balaban J connectivity index is 1.89. The maximum atomic E-state index is 11.8. The van der Waals surface area contributed by atoms with Gasteiger partial charge in [0.25, 0.3) is 0 Å². The van der Waals surface area contributed by atoms with E-state index in [0.29, 0.717) is 12.5 Å². The summed E-state index contributed by atoms with van der Waals surface area (Å²) in [7, 11) is 0. The van der Waals surface area contributed by atoms with Crippen LogP contribution in [0.15, 0.2) is 18.2 Å². The highest BCUT2D eigenvalue weighted by atomic mass is 35.5. The van der Waals surface area contributed by atoms with Crippen LogP contribution in [0.5, 0.6) is 0 Å². The number of benzene rings is 1. The molecule has 1 aliphatic rings. The summed E-state index contributed by atoms with van der Waals surface area (Å²) in [6.07, 6.45) is 1.09. The molecule has 3 N–H and O–H groups in total. The van der Waals surface area contributed by atoms with E-state index >= 15 is 0 Å². The number of carbonyl (C=O) groups excluding carboxylic acids is 1. The van der Waals surface area contributed by atoms with Crippen LogP contribution in [-0.2, 0) is 4.79 Å². The highest BCUT2D eigenvalue weighted by Crippen LogP contribution is 2.29. The Labute approximate surface area is 131 Å². The van der Waals surface area contributed by atoms with E-state index in [9.17, 15) is 4.79 Å². The summed E-state index contributed by atoms with van der Waals surface area (Å²) < 4.78 is 0. The smallest absolute Gasteiger partial charge is 0.224 e. The van der Waals surface area contributed by atoms with E-state index in [4.69, 9.17) is 17.3 Å². The minimum absolute atomic E-state index is 0.0508. The number of halogens is 1. The van der Waals surface area contributed by atoms with Gasteiger partial charge in [0.1, 0.15) is 0 Å². The van der Waals surface area contributed by atoms with Crippen molar-refractivity contribution >= 4 is 23.2 Å². The summed E-state index contributed by atoms with van der Waals surface area (Å²) in [6, 6.07) is 5.99. The maximum absolute atomic E-state index is 11.8. The van der Waals surface area contributed by atoms with E-state index in [1.54, 1.807) is 0 Å². The zero-order chi connectivity index (χ0) is 15.4. The zero-order valence-corrected chi connectivity index (χ0v) is 13.5. The number of hydrogen-bond acceptors (Lipinski definition) is 3. The van der Waals surface area contributed by atoms with Crippen LogP contribution in [0.25, 0.3) is 0 Å². The number of aryl methyl sites for hydroxylation is 1. The maximum Gasteiger partial charge on any atom is 0.224 e. The van der Waals surface area contributed by atoms with Gasteiger partial charge in [-0.3, -0.25) is 4.79 Å². The number of amides is 1. The first-order valence-electron chi connectivity index (χ1n) is 7.50. The lowest BCUT2D eigenvalue weighted by molar-refractivity contribution is -0.124. The number of hydrogen-bond donors (Lipinski definition) is 2. The second-order valence-electron chi connectivity index (χ2n) is 5.91. The van der Waals surface area contributed by atoms with Crippen LogP contribution in [0.1, 0.15) is 18.9 Å². The summed E-state index contributed by atoms with van der Waals surface area (Å²) in [4.78, 5) is 14.1. The zero-order valence-electron chi connectivity index (χ0n) is 12.7. The third-order valence-corrected chi connectivity index (χ3v) is 4.40. The van der Waals surface area contributed by atoms with E-state index in [-0.39, 0.29) is 11.8 Å². The minimum Gasteiger partial charge on any atom is -0.371 e. The van der Waals surface area contributed by atoms with Crippen molar-refractivity contribution in [3.05, 3.63) is 28.8 Å². The monoisotopic (exact) mass is 309 g/mol. The first kappa shape index (κ1) is 16.1. The molecule has 2 atom stereocenters. The summed E-state index contributed by atoms with van der Waals surface area (Å²) in [6.45, 7) is 7.03. The molecule has 21 heavy (non-hydrogen) atoms. The van der Waals surface area contributed by atoms with Crippen molar-refractivity contribution in [2.24, 2.45) is 17.6 Å². The molecule has 116 valence electrons. The number of nitrogens with zero attached hydrogens (tertiary/aromatic N) is 1. The third kappa shape index (κ3) is 4.11. The standard InChI is InChI=1S/C16H24ClN3O/c1-11-3-4-14(17)7-15(11)20-6-5-13(10-20)9-19-16(21)12(2)8-18/h3-4,7,12-13H,5-6,8-10,18H2,1-2H3,(H,19,21). The van der Waals surface area contributed by atoms with Crippen LogP contribution < -0.4 is 16.0 Å². The number of nitrogens with two attached hydrogens (primary N) is 1. The first-order valence-corrected chi connectivity index (χ1v) is 7.88. The Bertz CT molecular complexity index is 506. The molecular formula is C16H24ClN3O. The molecule has 2 rings (SSSR count). The molecule has 1 aromatic rings. The summed E-state index contributed by atoms with van der Waals surface area (Å²) in [5.41, 5.74) is 7.94. The molecule has 5 heteroatoms. The molecule has 0 aromatic heterocycles. The van der Waals surface area contributed by atoms with Gasteiger partial charge in [0.15, 0.2) is 0 Å². The van der Waals surface area contributed by atoms with Gasteiger partial charge < -0.3 is 16.0 Å². The molecule has 0 bridgehead atoms. The fourth-order valence-electron chi connectivity index (χ4n) is 2.67. The van der Waals surface area contributed by atoms with Crippen molar-refractivity contribution in [2.45, 2.75) is 20.3 Å². The number of rotatable bonds is 5. The lowest BCUT2D eigenvalue weighted by Crippen LogP contribution is -2.37. The average molecular weight is 310 g/mol. The van der Waals surface area contributed by atoms with Crippen LogP contribution >= 0.6 is 11.6 Å². The quantitative estimate of drug-likeness (QED) is 0.876. The molecule has 0 spiro atoms. The first-order chi connectivity index (χ1) is 10.0. The van der Waals surface area contributed by atoms with Gasteiger partial charge in [-0.2, -0.15) is 0 Å². The highest BCUT2D eigenvalue weighted by molar-refractivity contribution is 6.30. The van der Waals surface area contributed by atoms with Crippen molar-refractivity contribution in [3.8, 4) is 0 Å². The van der Waals surface area contributed by atoms with Gasteiger partial charge in [0, 0.05) is 42.8 Å². The normalized spacial score (nSPS) is 19.6. The van der Waals surface area contributed by atoms with Crippen molar-refractivity contribution < 1.29 is 4.79 Å². The number of nitrogens with one attached hydrogen (secondary N) is 1. The molecule has 0 saturated carbocycles. The minimum atomic E-state index is -0.113. The second-order valence-corrected chi connectivity index (χ2v) is 6.35. The van der Waals surface area contributed by atoms with E-state index < -0.39 is 0 Å². The molecule has 0 radical (unpaired) electrons. The summed E-state index contributed by atoms with van der Waals surface area (Å²) in [5.74, 6) is 0.421. The van der Waals surface area contributed by atoms with Gasteiger partial charge >= 0.3 is 0 Å². The largest absolute Gasteiger partial charge is 0.371 e. The molecule has 0 aliphatic carbocycles. The summed E-state index contributed by atoms with van der Waals surface area (Å²) >= 11 is 6.09. The average Bonchev–Trinajstić information content (AvgIpc) is 2.95. The van der Waals surface area contributed by atoms with Crippen LogP contribution in [0.3, 0.4) is 0 Å². The van der Waals surface area contributed by atoms with E-state index in [1.807, 2.05) is 19.1 Å². The molecular weight excluding hydrogens is 286 g/mol. The predicted octanol–water partition coefficient (Wildman–Crippen LogP) is 2.19. The summed E-state index contributed by atoms with van der Waals surface area (Å²) in [5, 5.41) is 3.77. The SMILES string of the molecule is Cc1ccc(Cl)cc1N1CCC(CNC(=O)C(C)CN)C1. The van der Waals surface area contributed by atoms with Crippen LogP contribution in [-0.4, -0.2) is 32.1 Å². The second kappa shape index (κ2) is 7.14. The Morgan fingerprint density at radius 2 is 2.33 bits per heavy atom. The number of anilines is 1. The van der Waals surface area contributed by atoms with Crippen molar-refractivity contribution in [1.29, 1.82) is 0 Å². The third-order valence-electron chi connectivity index (χ3n) is 4.16. The van der Waals surface area contributed by atoms with Gasteiger partial charge in [-0.05, 0) is 37.0 Å². The molecule has 1 fully saturated rings. The topological polar surface area (TPSA) is 58.4 Å². The van der Waals surface area contributed by atoms with Crippen LogP contribution in [0, 0.1) is 18.8 Å². The van der Waals surface area contributed by atoms with Crippen molar-refractivity contribution in [1.82, 2.24) is 5.32 Å². The molecule has 1 heterocycles. The lowest BCUT2D eigenvalue weighted by atomic mass is 10.1.